The van der Waals surface area contributed by atoms with Gasteiger partial charge in [-0.05, 0) is 63.7 Å². The van der Waals surface area contributed by atoms with E-state index < -0.39 is 0 Å². The minimum Gasteiger partial charge on any atom is -0.256 e. The van der Waals surface area contributed by atoms with Gasteiger partial charge < -0.3 is 0 Å². The first-order chi connectivity index (χ1) is 14.9. The van der Waals surface area contributed by atoms with Crippen LogP contribution < -0.4 is 0 Å². The van der Waals surface area contributed by atoms with E-state index in [9.17, 15) is 0 Å². The van der Waals surface area contributed by atoms with Crippen LogP contribution in [0.4, 0.5) is 0 Å². The van der Waals surface area contributed by atoms with Crippen LogP contribution in [-0.2, 0) is 0 Å². The molecule has 0 bridgehead atoms. The van der Waals surface area contributed by atoms with Crippen LogP contribution in [0.5, 0.6) is 0 Å². The average molecular weight is 382 g/mol. The topological polar surface area (TPSA) is 25.8 Å². The lowest BCUT2D eigenvalue weighted by atomic mass is 9.98. The molecule has 0 atom stereocenters. The molecule has 2 heterocycles. The second-order valence-corrected chi connectivity index (χ2v) is 7.46. The fourth-order valence-electron chi connectivity index (χ4n) is 4.42. The summed E-state index contributed by atoms with van der Waals surface area (Å²) in [6.07, 6.45) is 3.81. The SMILES string of the molecule is c1ccc2c(-c3ccnc4ccccc34)cc(-c3ccnc4ccccc34)c-2cc1. The standard InChI is InChI=1S/C28H18N2/c1-2-8-19-20(9-3-1)26(22-15-17-30-28-13-7-5-11-24(22)28)18-25(19)21-14-16-29-27-12-6-4-10-23(21)27/h1-18H. The molecule has 6 rings (SSSR count). The van der Waals surface area contributed by atoms with Crippen molar-refractivity contribution < 1.29 is 0 Å². The molecular weight excluding hydrogens is 364 g/mol. The summed E-state index contributed by atoms with van der Waals surface area (Å²) in [5, 5.41) is 2.34. The lowest BCUT2D eigenvalue weighted by Gasteiger charge is -2.07. The Bertz CT molecular complexity index is 1380. The molecule has 0 radical (unpaired) electrons. The molecule has 0 amide bonds. The van der Waals surface area contributed by atoms with E-state index in [0.717, 1.165) is 11.0 Å². The van der Waals surface area contributed by atoms with E-state index in [2.05, 4.69) is 94.9 Å². The molecule has 2 aliphatic carbocycles. The van der Waals surface area contributed by atoms with Crippen LogP contribution in [-0.4, -0.2) is 9.97 Å². The lowest BCUT2D eigenvalue weighted by Crippen LogP contribution is -1.83. The Morgan fingerprint density at radius 3 is 1.37 bits per heavy atom. The summed E-state index contributed by atoms with van der Waals surface area (Å²) < 4.78 is 0. The molecule has 2 aliphatic rings. The smallest absolute Gasteiger partial charge is 0.0708 e. The number of aromatic nitrogens is 2. The van der Waals surface area contributed by atoms with Gasteiger partial charge in [-0.2, -0.15) is 0 Å². The Kier molecular flexibility index (Phi) is 3.82. The van der Waals surface area contributed by atoms with E-state index in [0.29, 0.717) is 0 Å². The first kappa shape index (κ1) is 16.9. The minimum absolute atomic E-state index is 1.01. The second-order valence-electron chi connectivity index (χ2n) is 7.46. The van der Waals surface area contributed by atoms with Gasteiger partial charge in [-0.1, -0.05) is 66.7 Å². The number of hydrogen-bond acceptors (Lipinski definition) is 2. The zero-order valence-electron chi connectivity index (χ0n) is 16.3. The van der Waals surface area contributed by atoms with Crippen molar-refractivity contribution in [2.75, 3.05) is 0 Å². The van der Waals surface area contributed by atoms with Gasteiger partial charge in [0.2, 0.25) is 0 Å². The summed E-state index contributed by atoms with van der Waals surface area (Å²) in [6, 6.07) is 34.0. The fourth-order valence-corrected chi connectivity index (χ4v) is 4.42. The van der Waals surface area contributed by atoms with Gasteiger partial charge in [0.15, 0.2) is 0 Å². The number of fused-ring (bicyclic) bond motifs is 3. The summed E-state index contributed by atoms with van der Waals surface area (Å²) >= 11 is 0. The monoisotopic (exact) mass is 382 g/mol. The molecule has 2 aromatic heterocycles. The van der Waals surface area contributed by atoms with Gasteiger partial charge in [-0.25, -0.2) is 0 Å². The first-order valence-electron chi connectivity index (χ1n) is 10.1. The molecule has 2 aromatic carbocycles. The van der Waals surface area contributed by atoms with E-state index >= 15 is 0 Å². The third-order valence-corrected chi connectivity index (χ3v) is 5.79. The van der Waals surface area contributed by atoms with E-state index in [4.69, 9.17) is 0 Å². The molecule has 0 saturated carbocycles. The molecule has 30 heavy (non-hydrogen) atoms. The van der Waals surface area contributed by atoms with Gasteiger partial charge in [0.25, 0.3) is 0 Å². The number of benzene rings is 2. The predicted molar refractivity (Wildman–Crippen MR) is 125 cm³/mol. The molecule has 0 spiro atoms. The Morgan fingerprint density at radius 2 is 0.833 bits per heavy atom. The molecular formula is C28H18N2. The van der Waals surface area contributed by atoms with Crippen molar-refractivity contribution in [1.82, 2.24) is 9.97 Å². The van der Waals surface area contributed by atoms with Gasteiger partial charge in [-0.3, -0.25) is 9.97 Å². The van der Waals surface area contributed by atoms with Crippen LogP contribution >= 0.6 is 0 Å². The molecule has 2 nitrogen and oxygen atoms in total. The van der Waals surface area contributed by atoms with Crippen LogP contribution in [0.15, 0.2) is 109 Å². The maximum Gasteiger partial charge on any atom is 0.0708 e. The average Bonchev–Trinajstić information content (AvgIpc) is 2.98. The largest absolute Gasteiger partial charge is 0.256 e. The maximum atomic E-state index is 4.56. The Balaban J connectivity index is 1.70. The normalized spacial score (nSPS) is 11.3. The highest BCUT2D eigenvalue weighted by Gasteiger charge is 2.20. The zero-order chi connectivity index (χ0) is 19.9. The summed E-state index contributed by atoms with van der Waals surface area (Å²) in [5.41, 5.74) is 9.40. The highest BCUT2D eigenvalue weighted by Crippen LogP contribution is 2.46. The van der Waals surface area contributed by atoms with E-state index in [1.807, 2.05) is 24.5 Å². The first-order valence-corrected chi connectivity index (χ1v) is 10.1. The van der Waals surface area contributed by atoms with Crippen molar-refractivity contribution in [3.8, 4) is 33.4 Å². The maximum absolute atomic E-state index is 4.56. The molecule has 0 saturated heterocycles. The zero-order valence-corrected chi connectivity index (χ0v) is 16.3. The van der Waals surface area contributed by atoms with Crippen molar-refractivity contribution in [1.29, 1.82) is 0 Å². The van der Waals surface area contributed by atoms with E-state index in [-0.39, 0.29) is 0 Å². The van der Waals surface area contributed by atoms with Crippen molar-refractivity contribution in [3.63, 3.8) is 0 Å². The number of rotatable bonds is 2. The Morgan fingerprint density at radius 1 is 0.367 bits per heavy atom. The van der Waals surface area contributed by atoms with Crippen molar-refractivity contribution in [2.45, 2.75) is 0 Å². The van der Waals surface area contributed by atoms with Gasteiger partial charge in [0.1, 0.15) is 0 Å². The molecule has 140 valence electrons. The molecule has 0 unspecified atom stereocenters. The second kappa shape index (κ2) is 6.78. The minimum atomic E-state index is 1.01. The highest BCUT2D eigenvalue weighted by atomic mass is 14.6. The summed E-state index contributed by atoms with van der Waals surface area (Å²) in [4.78, 5) is 9.11. The summed E-state index contributed by atoms with van der Waals surface area (Å²) in [6.45, 7) is 0. The van der Waals surface area contributed by atoms with Gasteiger partial charge in [0.05, 0.1) is 11.0 Å². The van der Waals surface area contributed by atoms with Crippen LogP contribution in [0, 0.1) is 0 Å². The third kappa shape index (κ3) is 2.58. The lowest BCUT2D eigenvalue weighted by molar-refractivity contribution is 1.41. The quantitative estimate of drug-likeness (QED) is 0.316. The van der Waals surface area contributed by atoms with Gasteiger partial charge in [-0.15, -0.1) is 0 Å². The summed E-state index contributed by atoms with van der Waals surface area (Å²) in [7, 11) is 0. The Hall–Kier alpha value is -4.04. The number of nitrogens with zero attached hydrogens (tertiary/aromatic N) is 2. The van der Waals surface area contributed by atoms with Crippen molar-refractivity contribution >= 4 is 21.8 Å². The molecule has 4 aromatic rings. The number of hydrogen-bond donors (Lipinski definition) is 0. The molecule has 0 N–H and O–H groups in total. The van der Waals surface area contributed by atoms with E-state index in [1.54, 1.807) is 0 Å². The summed E-state index contributed by atoms with van der Waals surface area (Å²) in [5.74, 6) is 0. The van der Waals surface area contributed by atoms with Crippen LogP contribution in [0.2, 0.25) is 0 Å². The van der Waals surface area contributed by atoms with Crippen LogP contribution in [0.3, 0.4) is 0 Å². The van der Waals surface area contributed by atoms with Gasteiger partial charge >= 0.3 is 0 Å². The molecule has 2 heteroatoms. The van der Waals surface area contributed by atoms with E-state index in [1.165, 1.54) is 44.2 Å². The van der Waals surface area contributed by atoms with Gasteiger partial charge in [0, 0.05) is 23.2 Å². The van der Waals surface area contributed by atoms with Crippen LogP contribution in [0.25, 0.3) is 55.2 Å². The number of para-hydroxylation sites is 2. The predicted octanol–water partition coefficient (Wildman–Crippen LogP) is 7.22. The highest BCUT2D eigenvalue weighted by molar-refractivity contribution is 6.07. The number of pyridine rings is 2. The van der Waals surface area contributed by atoms with Crippen LogP contribution in [0.1, 0.15) is 0 Å². The third-order valence-electron chi connectivity index (χ3n) is 5.79. The Labute approximate surface area is 174 Å². The molecule has 0 aliphatic heterocycles. The van der Waals surface area contributed by atoms with Crippen molar-refractivity contribution in [3.05, 3.63) is 109 Å². The van der Waals surface area contributed by atoms with Crippen molar-refractivity contribution in [2.24, 2.45) is 0 Å². The fraction of sp³-hybridized carbons (Fsp3) is 0. The molecule has 0 fully saturated rings.